The lowest BCUT2D eigenvalue weighted by Crippen LogP contribution is -2.30. The third-order valence-electron chi connectivity index (χ3n) is 3.87. The van der Waals surface area contributed by atoms with Crippen LogP contribution in [0.3, 0.4) is 0 Å². The van der Waals surface area contributed by atoms with Crippen molar-refractivity contribution >= 4 is 33.1 Å². The lowest BCUT2D eigenvalue weighted by atomic mass is 10.0. The number of nitrogens with zero attached hydrogens (tertiary/aromatic N) is 2. The van der Waals surface area contributed by atoms with Gasteiger partial charge in [-0.25, -0.2) is 0 Å². The number of hydrogen-bond acceptors (Lipinski definition) is 5. The summed E-state index contributed by atoms with van der Waals surface area (Å²) in [5.41, 5.74) is 7.22. The smallest absolute Gasteiger partial charge is 0.266 e. The molecule has 1 amide bonds. The summed E-state index contributed by atoms with van der Waals surface area (Å²) in [6.07, 6.45) is 2.14. The molecule has 1 saturated heterocycles. The molecular weight excluding hydrogens is 274 g/mol. The minimum atomic E-state index is -0.380. The Labute approximate surface area is 121 Å². The third kappa shape index (κ3) is 2.14. The van der Waals surface area contributed by atoms with Crippen molar-refractivity contribution in [3.8, 4) is 0 Å². The number of rotatable bonds is 2. The summed E-state index contributed by atoms with van der Waals surface area (Å²) >= 11 is 1.39. The number of aliphatic hydroxyl groups is 1. The monoisotopic (exact) mass is 291 g/mol. The molecule has 2 aromatic heterocycles. The minimum absolute atomic E-state index is 0.0475. The molecule has 6 heteroatoms. The Morgan fingerprint density at radius 3 is 3.10 bits per heavy atom. The summed E-state index contributed by atoms with van der Waals surface area (Å²) < 4.78 is 0.930. The molecule has 0 spiro atoms. The average Bonchev–Trinajstić information content (AvgIpc) is 3.04. The molecule has 3 heterocycles. The number of carbonyl (C=O) groups excluding carboxylic acids is 1. The molecular formula is C14H17N3O2S. The van der Waals surface area contributed by atoms with Gasteiger partial charge < -0.3 is 15.7 Å². The third-order valence-corrected chi connectivity index (χ3v) is 5.02. The highest BCUT2D eigenvalue weighted by Crippen LogP contribution is 2.34. The zero-order valence-corrected chi connectivity index (χ0v) is 12.1. The number of anilines is 1. The Balaban J connectivity index is 1.88. The van der Waals surface area contributed by atoms with Gasteiger partial charge in [-0.2, -0.15) is 0 Å². The number of aromatic nitrogens is 1. The highest BCUT2D eigenvalue weighted by molar-refractivity contribution is 7.21. The Kier molecular flexibility index (Phi) is 3.35. The number of hydrogen-bond donors (Lipinski definition) is 2. The molecule has 0 radical (unpaired) electrons. The van der Waals surface area contributed by atoms with E-state index in [1.54, 1.807) is 18.0 Å². The molecule has 0 saturated carbocycles. The van der Waals surface area contributed by atoms with Crippen LogP contribution in [0.1, 0.15) is 23.0 Å². The van der Waals surface area contributed by atoms with Gasteiger partial charge in [0.25, 0.3) is 5.91 Å². The first-order valence-corrected chi connectivity index (χ1v) is 7.50. The number of likely N-dealkylation sites (tertiary alicyclic amines) is 1. The normalized spacial score (nSPS) is 20.5. The van der Waals surface area contributed by atoms with Crippen LogP contribution in [0, 0.1) is 5.92 Å². The fourth-order valence-corrected chi connectivity index (χ4v) is 3.66. The zero-order valence-electron chi connectivity index (χ0n) is 11.2. The van der Waals surface area contributed by atoms with Gasteiger partial charge in [-0.05, 0) is 25.5 Å². The summed E-state index contributed by atoms with van der Waals surface area (Å²) in [5, 5.41) is 9.62. The molecule has 3 rings (SSSR count). The van der Waals surface area contributed by atoms with Gasteiger partial charge in [-0.15, -0.1) is 11.3 Å². The fourth-order valence-electron chi connectivity index (χ4n) is 2.62. The highest BCUT2D eigenvalue weighted by atomic mass is 32.1. The van der Waals surface area contributed by atoms with Crippen molar-refractivity contribution in [1.82, 2.24) is 9.88 Å². The van der Waals surface area contributed by atoms with Crippen molar-refractivity contribution < 1.29 is 9.90 Å². The van der Waals surface area contributed by atoms with Crippen molar-refractivity contribution in [3.05, 3.63) is 23.2 Å². The summed E-state index contributed by atoms with van der Waals surface area (Å²) in [7, 11) is 0. The van der Waals surface area contributed by atoms with E-state index in [4.69, 9.17) is 5.73 Å². The Morgan fingerprint density at radius 2 is 2.45 bits per heavy atom. The first kappa shape index (κ1) is 13.3. The van der Waals surface area contributed by atoms with Gasteiger partial charge >= 0.3 is 0 Å². The maximum Gasteiger partial charge on any atom is 0.266 e. The Morgan fingerprint density at radius 1 is 1.65 bits per heavy atom. The minimum Gasteiger partial charge on any atom is -0.396 e. The molecule has 1 fully saturated rings. The molecule has 5 nitrogen and oxygen atoms in total. The molecule has 0 bridgehead atoms. The predicted molar refractivity (Wildman–Crippen MR) is 79.7 cm³/mol. The van der Waals surface area contributed by atoms with E-state index >= 15 is 0 Å². The second kappa shape index (κ2) is 5.03. The number of aliphatic hydroxyl groups excluding tert-OH is 1. The quantitative estimate of drug-likeness (QED) is 0.883. The molecule has 20 heavy (non-hydrogen) atoms. The van der Waals surface area contributed by atoms with Gasteiger partial charge in [0.15, 0.2) is 0 Å². The van der Waals surface area contributed by atoms with Crippen LogP contribution >= 0.6 is 11.3 Å². The van der Waals surface area contributed by atoms with Crippen LogP contribution in [0.25, 0.3) is 10.2 Å². The van der Waals surface area contributed by atoms with Crippen LogP contribution in [0.4, 0.5) is 5.69 Å². The lowest BCUT2D eigenvalue weighted by Gasteiger charge is -2.17. The standard InChI is InChI=1S/C14H17N3O2S/c1-8(18)9-4-6-17(7-9)14(19)13-11(15)12-10(20-13)3-2-5-16-12/h2-3,5,8-9,18H,4,6-7,15H2,1H3. The predicted octanol–water partition coefficient (Wildman–Crippen LogP) is 1.72. The summed E-state index contributed by atoms with van der Waals surface area (Å²) in [4.78, 5) is 19.1. The molecule has 0 aliphatic carbocycles. The second-order valence-electron chi connectivity index (χ2n) is 5.24. The number of carbonyl (C=O) groups is 1. The van der Waals surface area contributed by atoms with Gasteiger partial charge in [-0.1, -0.05) is 0 Å². The van der Waals surface area contributed by atoms with E-state index in [0.717, 1.165) is 11.1 Å². The zero-order chi connectivity index (χ0) is 14.3. The van der Waals surface area contributed by atoms with Gasteiger partial charge in [0.2, 0.25) is 0 Å². The maximum atomic E-state index is 12.6. The molecule has 2 unspecified atom stereocenters. The second-order valence-corrected chi connectivity index (χ2v) is 6.29. The van der Waals surface area contributed by atoms with Crippen LogP contribution in [0.5, 0.6) is 0 Å². The fraction of sp³-hybridized carbons (Fsp3) is 0.429. The van der Waals surface area contributed by atoms with Crippen molar-refractivity contribution in [2.45, 2.75) is 19.4 Å². The molecule has 0 aromatic carbocycles. The van der Waals surface area contributed by atoms with Gasteiger partial charge in [0.1, 0.15) is 10.4 Å². The van der Waals surface area contributed by atoms with Gasteiger partial charge in [-0.3, -0.25) is 9.78 Å². The van der Waals surface area contributed by atoms with Gasteiger partial charge in [0, 0.05) is 25.2 Å². The van der Waals surface area contributed by atoms with Crippen LogP contribution in [-0.2, 0) is 0 Å². The van der Waals surface area contributed by atoms with E-state index in [9.17, 15) is 9.90 Å². The van der Waals surface area contributed by atoms with E-state index in [0.29, 0.717) is 29.2 Å². The largest absolute Gasteiger partial charge is 0.396 e. The van der Waals surface area contributed by atoms with Crippen LogP contribution in [0.15, 0.2) is 18.3 Å². The lowest BCUT2D eigenvalue weighted by molar-refractivity contribution is 0.0768. The number of nitrogen functional groups attached to an aromatic ring is 1. The number of pyridine rings is 1. The van der Waals surface area contributed by atoms with Crippen molar-refractivity contribution in [3.63, 3.8) is 0 Å². The van der Waals surface area contributed by atoms with Crippen LogP contribution in [-0.4, -0.2) is 40.1 Å². The average molecular weight is 291 g/mol. The van der Waals surface area contributed by atoms with Crippen molar-refractivity contribution in [1.29, 1.82) is 0 Å². The summed E-state index contributed by atoms with van der Waals surface area (Å²) in [6, 6.07) is 3.76. The molecule has 1 aliphatic heterocycles. The van der Waals surface area contributed by atoms with Crippen LogP contribution < -0.4 is 5.73 Å². The van der Waals surface area contributed by atoms with Crippen LogP contribution in [0.2, 0.25) is 0 Å². The van der Waals surface area contributed by atoms with E-state index < -0.39 is 0 Å². The van der Waals surface area contributed by atoms with E-state index in [2.05, 4.69) is 4.98 Å². The Bertz CT molecular complexity index is 653. The first-order chi connectivity index (χ1) is 9.58. The molecule has 2 aromatic rings. The van der Waals surface area contributed by atoms with E-state index in [-0.39, 0.29) is 17.9 Å². The molecule has 2 atom stereocenters. The molecule has 3 N–H and O–H groups in total. The number of fused-ring (bicyclic) bond motifs is 1. The molecule has 1 aliphatic rings. The topological polar surface area (TPSA) is 79.5 Å². The first-order valence-electron chi connectivity index (χ1n) is 6.68. The number of amides is 1. The SMILES string of the molecule is CC(O)C1CCN(C(=O)c2sc3cccnc3c2N)C1. The summed E-state index contributed by atoms with van der Waals surface area (Å²) in [6.45, 7) is 3.05. The van der Waals surface area contributed by atoms with Crippen molar-refractivity contribution in [2.75, 3.05) is 18.8 Å². The number of thiophene rings is 1. The highest BCUT2D eigenvalue weighted by Gasteiger charge is 2.31. The van der Waals surface area contributed by atoms with E-state index in [1.165, 1.54) is 11.3 Å². The van der Waals surface area contributed by atoms with Crippen molar-refractivity contribution in [2.24, 2.45) is 5.92 Å². The Hall–Kier alpha value is -1.66. The molecule has 106 valence electrons. The maximum absolute atomic E-state index is 12.6. The number of nitrogens with two attached hydrogens (primary N) is 1. The summed E-state index contributed by atoms with van der Waals surface area (Å²) in [5.74, 6) is 0.112. The van der Waals surface area contributed by atoms with E-state index in [1.807, 2.05) is 12.1 Å². The van der Waals surface area contributed by atoms with Gasteiger partial charge in [0.05, 0.1) is 16.5 Å².